The quantitative estimate of drug-likeness (QED) is 0.459. The molecule has 0 bridgehead atoms. The zero-order chi connectivity index (χ0) is 25.5. The number of rotatable bonds is 11. The van der Waals surface area contributed by atoms with E-state index in [-0.39, 0.29) is 12.5 Å². The molecule has 2 amide bonds. The van der Waals surface area contributed by atoms with Crippen molar-refractivity contribution in [2.75, 3.05) is 30.8 Å². The van der Waals surface area contributed by atoms with Crippen LogP contribution < -0.4 is 14.4 Å². The van der Waals surface area contributed by atoms with Gasteiger partial charge in [-0.2, -0.15) is 0 Å². The van der Waals surface area contributed by atoms with Crippen LogP contribution in [0.25, 0.3) is 0 Å². The Morgan fingerprint density at radius 3 is 2.26 bits per heavy atom. The van der Waals surface area contributed by atoms with E-state index in [2.05, 4.69) is 21.2 Å². The van der Waals surface area contributed by atoms with E-state index >= 15 is 0 Å². The summed E-state index contributed by atoms with van der Waals surface area (Å²) < 4.78 is 32.4. The number of anilines is 1. The SMILES string of the molecule is CCNC(=O)C(CC)N(Cc1ccc(OC)cc1)C(=O)CN(c1ccc(Br)c(C)c1)S(C)(=O)=O. The van der Waals surface area contributed by atoms with Crippen molar-refractivity contribution in [3.63, 3.8) is 0 Å². The maximum Gasteiger partial charge on any atom is 0.244 e. The fourth-order valence-corrected chi connectivity index (χ4v) is 4.62. The van der Waals surface area contributed by atoms with Crippen LogP contribution in [0.4, 0.5) is 5.69 Å². The van der Waals surface area contributed by atoms with E-state index < -0.39 is 28.5 Å². The Bertz CT molecular complexity index is 1110. The monoisotopic (exact) mass is 553 g/mol. The Morgan fingerprint density at radius 2 is 1.76 bits per heavy atom. The number of nitrogens with zero attached hydrogens (tertiary/aromatic N) is 2. The lowest BCUT2D eigenvalue weighted by atomic mass is 10.1. The van der Waals surface area contributed by atoms with Crippen molar-refractivity contribution >= 4 is 43.5 Å². The molecule has 1 atom stereocenters. The van der Waals surface area contributed by atoms with E-state index in [9.17, 15) is 18.0 Å². The van der Waals surface area contributed by atoms with Gasteiger partial charge in [-0.3, -0.25) is 13.9 Å². The first-order valence-electron chi connectivity index (χ1n) is 11.0. The van der Waals surface area contributed by atoms with E-state index in [1.807, 2.05) is 32.9 Å². The van der Waals surface area contributed by atoms with Gasteiger partial charge in [0.15, 0.2) is 0 Å². The van der Waals surface area contributed by atoms with Crippen molar-refractivity contribution in [2.24, 2.45) is 0 Å². The highest BCUT2D eigenvalue weighted by Crippen LogP contribution is 2.25. The minimum atomic E-state index is -3.77. The van der Waals surface area contributed by atoms with Crippen LogP contribution in [0.2, 0.25) is 0 Å². The Labute approximate surface area is 210 Å². The molecule has 10 heteroatoms. The topological polar surface area (TPSA) is 96.0 Å². The van der Waals surface area contributed by atoms with Crippen molar-refractivity contribution in [1.29, 1.82) is 0 Å². The largest absolute Gasteiger partial charge is 0.497 e. The molecule has 0 fully saturated rings. The Hall–Kier alpha value is -2.59. The molecule has 2 rings (SSSR count). The number of hydrogen-bond donors (Lipinski definition) is 1. The zero-order valence-corrected chi connectivity index (χ0v) is 22.6. The number of ether oxygens (including phenoxy) is 1. The van der Waals surface area contributed by atoms with Crippen LogP contribution >= 0.6 is 15.9 Å². The van der Waals surface area contributed by atoms with Gasteiger partial charge in [0.2, 0.25) is 21.8 Å². The number of carbonyl (C=O) groups is 2. The first-order chi connectivity index (χ1) is 16.0. The molecule has 0 radical (unpaired) electrons. The minimum Gasteiger partial charge on any atom is -0.497 e. The lowest BCUT2D eigenvalue weighted by Gasteiger charge is -2.33. The second kappa shape index (κ2) is 12.2. The normalized spacial score (nSPS) is 12.1. The van der Waals surface area contributed by atoms with E-state index in [1.165, 1.54) is 4.90 Å². The first kappa shape index (κ1) is 27.7. The average Bonchev–Trinajstić information content (AvgIpc) is 2.79. The average molecular weight is 555 g/mol. The van der Waals surface area contributed by atoms with Gasteiger partial charge >= 0.3 is 0 Å². The Morgan fingerprint density at radius 1 is 1.12 bits per heavy atom. The molecule has 186 valence electrons. The van der Waals surface area contributed by atoms with Gasteiger partial charge in [0.25, 0.3) is 0 Å². The van der Waals surface area contributed by atoms with E-state index in [4.69, 9.17) is 4.74 Å². The molecule has 2 aromatic rings. The summed E-state index contributed by atoms with van der Waals surface area (Å²) in [4.78, 5) is 27.8. The summed E-state index contributed by atoms with van der Waals surface area (Å²) in [7, 11) is -2.20. The molecule has 0 heterocycles. The number of sulfonamides is 1. The van der Waals surface area contributed by atoms with Crippen LogP contribution in [-0.4, -0.2) is 57.6 Å². The first-order valence-corrected chi connectivity index (χ1v) is 13.6. The molecular weight excluding hydrogens is 522 g/mol. The summed E-state index contributed by atoms with van der Waals surface area (Å²) in [6.45, 7) is 5.62. The predicted molar refractivity (Wildman–Crippen MR) is 137 cm³/mol. The summed E-state index contributed by atoms with van der Waals surface area (Å²) >= 11 is 3.41. The fraction of sp³-hybridized carbons (Fsp3) is 0.417. The summed E-state index contributed by atoms with van der Waals surface area (Å²) in [6, 6.07) is 11.5. The lowest BCUT2D eigenvalue weighted by Crippen LogP contribution is -2.52. The number of carbonyl (C=O) groups excluding carboxylic acids is 2. The van der Waals surface area contributed by atoms with Gasteiger partial charge in [-0.05, 0) is 61.7 Å². The maximum atomic E-state index is 13.6. The Kier molecular flexibility index (Phi) is 9.93. The Balaban J connectivity index is 2.44. The number of likely N-dealkylation sites (N-methyl/N-ethyl adjacent to an activating group) is 1. The second-order valence-corrected chi connectivity index (χ2v) is 10.7. The van der Waals surface area contributed by atoms with Crippen molar-refractivity contribution in [2.45, 2.75) is 39.8 Å². The molecule has 0 aromatic heterocycles. The minimum absolute atomic E-state index is 0.148. The van der Waals surface area contributed by atoms with Crippen LogP contribution in [0.15, 0.2) is 46.9 Å². The molecule has 34 heavy (non-hydrogen) atoms. The third-order valence-corrected chi connectivity index (χ3v) is 7.39. The van der Waals surface area contributed by atoms with Gasteiger partial charge in [0.05, 0.1) is 19.1 Å². The number of amides is 2. The van der Waals surface area contributed by atoms with Gasteiger partial charge in [-0.15, -0.1) is 0 Å². The molecule has 0 saturated carbocycles. The number of hydrogen-bond acceptors (Lipinski definition) is 5. The molecule has 8 nitrogen and oxygen atoms in total. The molecule has 2 aromatic carbocycles. The smallest absolute Gasteiger partial charge is 0.244 e. The number of methoxy groups -OCH3 is 1. The highest BCUT2D eigenvalue weighted by molar-refractivity contribution is 9.10. The van der Waals surface area contributed by atoms with E-state index in [1.54, 1.807) is 37.4 Å². The van der Waals surface area contributed by atoms with Gasteiger partial charge in [0, 0.05) is 17.6 Å². The standard InChI is InChI=1S/C24H32BrN3O5S/c1-6-22(24(30)26-7-2)27(15-18-8-11-20(33-4)12-9-18)23(29)16-28(34(5,31)32)19-10-13-21(25)17(3)14-19/h8-14,22H,6-7,15-16H2,1-5H3,(H,26,30). The van der Waals surface area contributed by atoms with Crippen molar-refractivity contribution in [3.8, 4) is 5.75 Å². The lowest BCUT2D eigenvalue weighted by molar-refractivity contribution is -0.140. The second-order valence-electron chi connectivity index (χ2n) is 7.89. The van der Waals surface area contributed by atoms with Crippen molar-refractivity contribution in [3.05, 3.63) is 58.1 Å². The van der Waals surface area contributed by atoms with Crippen LogP contribution in [0.5, 0.6) is 5.75 Å². The zero-order valence-electron chi connectivity index (χ0n) is 20.2. The molecular formula is C24H32BrN3O5S. The predicted octanol–water partition coefficient (Wildman–Crippen LogP) is 3.48. The van der Waals surface area contributed by atoms with Crippen LogP contribution in [0.1, 0.15) is 31.4 Å². The maximum absolute atomic E-state index is 13.6. The summed E-state index contributed by atoms with van der Waals surface area (Å²) in [5, 5.41) is 2.77. The summed E-state index contributed by atoms with van der Waals surface area (Å²) in [5.74, 6) is -0.0802. The number of nitrogens with one attached hydrogen (secondary N) is 1. The van der Waals surface area contributed by atoms with Gasteiger partial charge < -0.3 is 15.0 Å². The molecule has 1 unspecified atom stereocenters. The molecule has 0 aliphatic heterocycles. The van der Waals surface area contributed by atoms with Crippen molar-refractivity contribution in [1.82, 2.24) is 10.2 Å². The highest BCUT2D eigenvalue weighted by atomic mass is 79.9. The molecule has 0 saturated heterocycles. The number of aryl methyl sites for hydroxylation is 1. The number of benzene rings is 2. The molecule has 0 aliphatic rings. The van der Waals surface area contributed by atoms with Crippen molar-refractivity contribution < 1.29 is 22.7 Å². The third-order valence-electron chi connectivity index (χ3n) is 5.36. The third kappa shape index (κ3) is 7.20. The molecule has 0 spiro atoms. The van der Waals surface area contributed by atoms with Crippen LogP contribution in [0.3, 0.4) is 0 Å². The van der Waals surface area contributed by atoms with Crippen LogP contribution in [0, 0.1) is 6.92 Å². The van der Waals surface area contributed by atoms with Crippen LogP contribution in [-0.2, 0) is 26.2 Å². The molecule has 1 N–H and O–H groups in total. The highest BCUT2D eigenvalue weighted by Gasteiger charge is 2.31. The van der Waals surface area contributed by atoms with Gasteiger partial charge in [-0.1, -0.05) is 35.0 Å². The van der Waals surface area contributed by atoms with E-state index in [0.717, 1.165) is 26.2 Å². The van der Waals surface area contributed by atoms with E-state index in [0.29, 0.717) is 24.4 Å². The van der Waals surface area contributed by atoms with Gasteiger partial charge in [-0.25, -0.2) is 8.42 Å². The summed E-state index contributed by atoms with van der Waals surface area (Å²) in [6.07, 6.45) is 1.44. The number of halogens is 1. The summed E-state index contributed by atoms with van der Waals surface area (Å²) in [5.41, 5.74) is 2.01. The van der Waals surface area contributed by atoms with Gasteiger partial charge in [0.1, 0.15) is 18.3 Å². The molecule has 0 aliphatic carbocycles. The fourth-order valence-electron chi connectivity index (χ4n) is 3.54.